The highest BCUT2D eigenvalue weighted by Gasteiger charge is 2.44. The summed E-state index contributed by atoms with van der Waals surface area (Å²) in [4.78, 5) is 41.1. The Morgan fingerprint density at radius 3 is 2.62 bits per heavy atom. The summed E-state index contributed by atoms with van der Waals surface area (Å²) in [5, 5.41) is 12.2. The lowest BCUT2D eigenvalue weighted by molar-refractivity contribution is -0.153. The zero-order valence-corrected chi connectivity index (χ0v) is 12.7. The van der Waals surface area contributed by atoms with Gasteiger partial charge in [-0.15, -0.1) is 11.8 Å². The molecule has 21 heavy (non-hydrogen) atoms. The van der Waals surface area contributed by atoms with Crippen LogP contribution in [0.3, 0.4) is 0 Å². The Hall–Kier alpha value is -1.83. The number of aryl methyl sites for hydroxylation is 1. The predicted octanol–water partition coefficient (Wildman–Crippen LogP) is 0.785. The average molecular weight is 311 g/mol. The molecule has 1 aromatic rings. The van der Waals surface area contributed by atoms with Gasteiger partial charge in [0.15, 0.2) is 0 Å². The van der Waals surface area contributed by atoms with Crippen molar-refractivity contribution >= 4 is 23.6 Å². The first-order valence-corrected chi connectivity index (χ1v) is 7.78. The summed E-state index contributed by atoms with van der Waals surface area (Å²) in [6.45, 7) is 1.71. The van der Waals surface area contributed by atoms with E-state index in [0.29, 0.717) is 29.1 Å². The fourth-order valence-electron chi connectivity index (χ4n) is 2.38. The molecular weight excluding hydrogens is 294 g/mol. The van der Waals surface area contributed by atoms with Crippen LogP contribution in [-0.2, 0) is 4.79 Å². The molecule has 0 aromatic carbocycles. The van der Waals surface area contributed by atoms with Crippen molar-refractivity contribution in [1.29, 1.82) is 0 Å². The molecule has 114 valence electrons. The average Bonchev–Trinajstić information content (AvgIpc) is 2.35. The first-order chi connectivity index (χ1) is 9.89. The molecular formula is C13H17N3O4S. The number of nitrogens with one attached hydrogen (secondary N) is 2. The van der Waals surface area contributed by atoms with E-state index in [1.165, 1.54) is 11.8 Å². The van der Waals surface area contributed by atoms with Gasteiger partial charge in [-0.2, -0.15) is 4.98 Å². The SMILES string of the molecule is CSc1nc(=O)[nH]c(C)c1C(=O)NCC1(C(=O)O)CCC1. The number of thioether (sulfide) groups is 1. The molecule has 1 aliphatic rings. The highest BCUT2D eigenvalue weighted by Crippen LogP contribution is 2.40. The van der Waals surface area contributed by atoms with Crippen LogP contribution in [0.15, 0.2) is 9.82 Å². The molecule has 0 aliphatic heterocycles. The molecule has 1 fully saturated rings. The molecule has 1 amide bonds. The number of carbonyl (C=O) groups excluding carboxylic acids is 1. The quantitative estimate of drug-likeness (QED) is 0.547. The van der Waals surface area contributed by atoms with Crippen LogP contribution in [0.5, 0.6) is 0 Å². The Balaban J connectivity index is 2.18. The van der Waals surface area contributed by atoms with Gasteiger partial charge in [0.1, 0.15) is 5.03 Å². The molecule has 2 rings (SSSR count). The molecule has 1 aliphatic carbocycles. The number of H-pyrrole nitrogens is 1. The summed E-state index contributed by atoms with van der Waals surface area (Å²) in [6.07, 6.45) is 3.72. The van der Waals surface area contributed by atoms with Crippen LogP contribution in [0.4, 0.5) is 0 Å². The molecule has 0 bridgehead atoms. The minimum absolute atomic E-state index is 0.0908. The maximum atomic E-state index is 12.3. The topological polar surface area (TPSA) is 112 Å². The van der Waals surface area contributed by atoms with Crippen LogP contribution in [0.1, 0.15) is 35.3 Å². The lowest BCUT2D eigenvalue weighted by atomic mass is 9.69. The third kappa shape index (κ3) is 2.94. The molecule has 0 saturated heterocycles. The van der Waals surface area contributed by atoms with Crippen LogP contribution in [-0.4, -0.2) is 39.8 Å². The summed E-state index contributed by atoms with van der Waals surface area (Å²) in [5.41, 5.74) is -0.634. The summed E-state index contributed by atoms with van der Waals surface area (Å²) >= 11 is 1.20. The molecule has 1 heterocycles. The highest BCUT2D eigenvalue weighted by atomic mass is 32.2. The third-order valence-electron chi connectivity index (χ3n) is 3.86. The van der Waals surface area contributed by atoms with Crippen LogP contribution >= 0.6 is 11.8 Å². The summed E-state index contributed by atoms with van der Waals surface area (Å²) in [6, 6.07) is 0. The molecule has 1 saturated carbocycles. The highest BCUT2D eigenvalue weighted by molar-refractivity contribution is 7.98. The van der Waals surface area contributed by atoms with Gasteiger partial charge >= 0.3 is 11.7 Å². The largest absolute Gasteiger partial charge is 0.481 e. The number of hydrogen-bond acceptors (Lipinski definition) is 5. The lowest BCUT2D eigenvalue weighted by Crippen LogP contribution is -2.47. The van der Waals surface area contributed by atoms with E-state index in [1.807, 2.05) is 0 Å². The number of rotatable bonds is 5. The first kappa shape index (κ1) is 15.6. The van der Waals surface area contributed by atoms with Gasteiger partial charge in [-0.05, 0) is 26.0 Å². The van der Waals surface area contributed by atoms with Crippen molar-refractivity contribution < 1.29 is 14.7 Å². The monoisotopic (exact) mass is 311 g/mol. The second-order valence-electron chi connectivity index (χ2n) is 5.17. The molecule has 7 nitrogen and oxygen atoms in total. The number of hydrogen-bond donors (Lipinski definition) is 3. The lowest BCUT2D eigenvalue weighted by Gasteiger charge is -2.37. The van der Waals surface area contributed by atoms with E-state index in [9.17, 15) is 19.5 Å². The number of carbonyl (C=O) groups is 2. The van der Waals surface area contributed by atoms with E-state index in [0.717, 1.165) is 6.42 Å². The van der Waals surface area contributed by atoms with E-state index < -0.39 is 23.0 Å². The molecule has 0 spiro atoms. The van der Waals surface area contributed by atoms with Crippen molar-refractivity contribution in [3.05, 3.63) is 21.7 Å². The van der Waals surface area contributed by atoms with Gasteiger partial charge in [0.05, 0.1) is 11.0 Å². The molecule has 0 unspecified atom stereocenters. The maximum absolute atomic E-state index is 12.3. The minimum Gasteiger partial charge on any atom is -0.481 e. The van der Waals surface area contributed by atoms with E-state index in [4.69, 9.17) is 0 Å². The van der Waals surface area contributed by atoms with Gasteiger partial charge in [-0.25, -0.2) is 4.79 Å². The van der Waals surface area contributed by atoms with Crippen LogP contribution < -0.4 is 11.0 Å². The van der Waals surface area contributed by atoms with Gasteiger partial charge in [0.25, 0.3) is 5.91 Å². The van der Waals surface area contributed by atoms with Gasteiger partial charge in [0.2, 0.25) is 0 Å². The number of amides is 1. The number of carboxylic acid groups (broad SMARTS) is 1. The Bertz CT molecular complexity index is 637. The van der Waals surface area contributed by atoms with Crippen molar-refractivity contribution in [1.82, 2.24) is 15.3 Å². The Morgan fingerprint density at radius 2 is 2.14 bits per heavy atom. The zero-order chi connectivity index (χ0) is 15.6. The van der Waals surface area contributed by atoms with Gasteiger partial charge < -0.3 is 15.4 Å². The fourth-order valence-corrected chi connectivity index (χ4v) is 3.01. The second-order valence-corrected chi connectivity index (χ2v) is 5.97. The van der Waals surface area contributed by atoms with Crippen molar-refractivity contribution in [2.24, 2.45) is 5.41 Å². The van der Waals surface area contributed by atoms with Crippen LogP contribution in [0.25, 0.3) is 0 Å². The second kappa shape index (κ2) is 5.88. The van der Waals surface area contributed by atoms with E-state index in [2.05, 4.69) is 15.3 Å². The van der Waals surface area contributed by atoms with Crippen molar-refractivity contribution in [2.45, 2.75) is 31.2 Å². The fraction of sp³-hybridized carbons (Fsp3) is 0.538. The standard InChI is InChI=1S/C13H17N3O4S/c1-7-8(10(21-2)16-12(20)15-7)9(17)14-6-13(11(18)19)4-3-5-13/h3-6H2,1-2H3,(H,14,17)(H,18,19)(H,15,16,20). The number of nitrogens with zero attached hydrogens (tertiary/aromatic N) is 1. The number of aromatic nitrogens is 2. The molecule has 8 heteroatoms. The van der Waals surface area contributed by atoms with E-state index in [-0.39, 0.29) is 6.54 Å². The van der Waals surface area contributed by atoms with Crippen LogP contribution in [0.2, 0.25) is 0 Å². The molecule has 0 radical (unpaired) electrons. The first-order valence-electron chi connectivity index (χ1n) is 6.56. The van der Waals surface area contributed by atoms with Gasteiger partial charge in [-0.3, -0.25) is 9.59 Å². The van der Waals surface area contributed by atoms with Gasteiger partial charge in [0, 0.05) is 12.2 Å². The smallest absolute Gasteiger partial charge is 0.346 e. The van der Waals surface area contributed by atoms with Crippen molar-refractivity contribution in [2.75, 3.05) is 12.8 Å². The Kier molecular flexibility index (Phi) is 4.36. The summed E-state index contributed by atoms with van der Waals surface area (Å²) < 4.78 is 0. The van der Waals surface area contributed by atoms with Crippen molar-refractivity contribution in [3.63, 3.8) is 0 Å². The minimum atomic E-state index is -0.879. The third-order valence-corrected chi connectivity index (χ3v) is 4.54. The Labute approximate surface area is 125 Å². The number of aromatic amines is 1. The summed E-state index contributed by atoms with van der Waals surface area (Å²) in [7, 11) is 0. The maximum Gasteiger partial charge on any atom is 0.346 e. The number of aliphatic carboxylic acids is 1. The van der Waals surface area contributed by atoms with Gasteiger partial charge in [-0.1, -0.05) is 6.42 Å². The van der Waals surface area contributed by atoms with E-state index >= 15 is 0 Å². The normalized spacial score (nSPS) is 16.1. The molecule has 1 aromatic heterocycles. The molecule has 3 N–H and O–H groups in total. The van der Waals surface area contributed by atoms with E-state index in [1.54, 1.807) is 13.2 Å². The number of carboxylic acids is 1. The van der Waals surface area contributed by atoms with Crippen LogP contribution in [0, 0.1) is 12.3 Å². The van der Waals surface area contributed by atoms with Crippen molar-refractivity contribution in [3.8, 4) is 0 Å². The molecule has 0 atom stereocenters. The summed E-state index contributed by atoms with van der Waals surface area (Å²) in [5.74, 6) is -1.29. The zero-order valence-electron chi connectivity index (χ0n) is 11.9. The Morgan fingerprint density at radius 1 is 1.48 bits per heavy atom. The predicted molar refractivity (Wildman–Crippen MR) is 77.6 cm³/mol.